The smallest absolute Gasteiger partial charge is 0.212 e. The van der Waals surface area contributed by atoms with Gasteiger partial charge in [0.25, 0.3) is 0 Å². The van der Waals surface area contributed by atoms with E-state index in [4.69, 9.17) is 9.47 Å². The summed E-state index contributed by atoms with van der Waals surface area (Å²) in [5, 5.41) is 0. The second-order valence-electron chi connectivity index (χ2n) is 7.31. The molecule has 0 fully saturated rings. The van der Waals surface area contributed by atoms with Crippen LogP contribution in [-0.2, 0) is 10.9 Å². The van der Waals surface area contributed by atoms with Crippen LogP contribution in [0.15, 0.2) is 91.2 Å². The summed E-state index contributed by atoms with van der Waals surface area (Å²) in [6.07, 6.45) is 4.39. The molecule has 30 heavy (non-hydrogen) atoms. The maximum Gasteiger partial charge on any atom is 0.212 e. The zero-order valence-electron chi connectivity index (χ0n) is 17.7. The Hall–Kier alpha value is -2.04. The van der Waals surface area contributed by atoms with Crippen LogP contribution in [0.25, 0.3) is 0 Å². The molecule has 0 aliphatic carbocycles. The van der Waals surface area contributed by atoms with E-state index < -0.39 is 0 Å². The molecule has 156 valence electrons. The fraction of sp³-hybridized carbons (Fsp3) is 0.308. The number of unbranched alkanes of at least 4 members (excludes halogenated alkanes) is 2. The molecular weight excluding hydrogens is 408 g/mol. The highest BCUT2D eigenvalue weighted by Crippen LogP contribution is 2.50. The molecule has 1 heterocycles. The summed E-state index contributed by atoms with van der Waals surface area (Å²) in [5.41, 5.74) is 0. The first kappa shape index (κ1) is 21.2. The lowest BCUT2D eigenvalue weighted by Gasteiger charge is -2.20. The Morgan fingerprint density at radius 3 is 1.93 bits per heavy atom. The zero-order valence-corrected chi connectivity index (χ0v) is 19.4. The molecule has 3 aromatic rings. The first-order valence-electron chi connectivity index (χ1n) is 10.8. The molecule has 0 radical (unpaired) electrons. The van der Waals surface area contributed by atoms with Crippen LogP contribution in [-0.4, -0.2) is 13.2 Å². The second-order valence-corrected chi connectivity index (χ2v) is 10.3. The number of fused-ring (bicyclic) bond motifs is 2. The van der Waals surface area contributed by atoms with Crippen LogP contribution < -0.4 is 9.47 Å². The van der Waals surface area contributed by atoms with Gasteiger partial charge >= 0.3 is 0 Å². The van der Waals surface area contributed by atoms with E-state index in [1.165, 1.54) is 24.5 Å². The molecule has 3 aromatic carbocycles. The van der Waals surface area contributed by atoms with Crippen molar-refractivity contribution >= 4 is 22.7 Å². The molecule has 0 bridgehead atoms. The molecule has 0 saturated heterocycles. The van der Waals surface area contributed by atoms with Crippen LogP contribution in [0, 0.1) is 0 Å². The SMILES string of the molecule is CCCCOc1ccc(OCCCC)c([S+]2c3ccccc3Sc3ccccc32)c1. The Morgan fingerprint density at radius 2 is 1.30 bits per heavy atom. The molecule has 4 rings (SSSR count). The largest absolute Gasteiger partial charge is 0.493 e. The quantitative estimate of drug-likeness (QED) is 0.198. The van der Waals surface area contributed by atoms with Crippen molar-refractivity contribution in [2.45, 2.75) is 64.0 Å². The minimum atomic E-state index is -0.218. The Kier molecular flexibility index (Phi) is 7.29. The van der Waals surface area contributed by atoms with E-state index in [9.17, 15) is 0 Å². The van der Waals surface area contributed by atoms with Crippen LogP contribution in [0.5, 0.6) is 11.5 Å². The van der Waals surface area contributed by atoms with Gasteiger partial charge in [-0.1, -0.05) is 62.7 Å². The van der Waals surface area contributed by atoms with Gasteiger partial charge in [0.2, 0.25) is 4.90 Å². The van der Waals surface area contributed by atoms with E-state index in [2.05, 4.69) is 80.6 Å². The highest BCUT2D eigenvalue weighted by molar-refractivity contribution is 8.04. The van der Waals surface area contributed by atoms with Gasteiger partial charge in [0, 0.05) is 6.07 Å². The predicted octanol–water partition coefficient (Wildman–Crippen LogP) is 7.60. The second kappa shape index (κ2) is 10.3. The average molecular weight is 438 g/mol. The summed E-state index contributed by atoms with van der Waals surface area (Å²) in [6.45, 7) is 5.88. The summed E-state index contributed by atoms with van der Waals surface area (Å²) in [4.78, 5) is 6.62. The summed E-state index contributed by atoms with van der Waals surface area (Å²) in [5.74, 6) is 1.91. The van der Waals surface area contributed by atoms with Crippen LogP contribution in [0.2, 0.25) is 0 Å². The van der Waals surface area contributed by atoms with Crippen molar-refractivity contribution in [3.63, 3.8) is 0 Å². The average Bonchev–Trinajstić information content (AvgIpc) is 2.78. The maximum atomic E-state index is 6.29. The van der Waals surface area contributed by atoms with E-state index in [0.29, 0.717) is 0 Å². The molecule has 0 saturated carbocycles. The van der Waals surface area contributed by atoms with Gasteiger partial charge in [-0.25, -0.2) is 0 Å². The number of hydrogen-bond acceptors (Lipinski definition) is 3. The molecule has 1 aliphatic rings. The fourth-order valence-electron chi connectivity index (χ4n) is 3.40. The van der Waals surface area contributed by atoms with E-state index >= 15 is 0 Å². The van der Waals surface area contributed by atoms with E-state index in [1.807, 2.05) is 11.8 Å². The van der Waals surface area contributed by atoms with Gasteiger partial charge in [-0.2, -0.15) is 0 Å². The van der Waals surface area contributed by atoms with Crippen LogP contribution in [0.3, 0.4) is 0 Å². The lowest BCUT2D eigenvalue weighted by Crippen LogP contribution is -2.13. The lowest BCUT2D eigenvalue weighted by molar-refractivity contribution is 0.294. The van der Waals surface area contributed by atoms with E-state index in [1.54, 1.807) is 0 Å². The van der Waals surface area contributed by atoms with Gasteiger partial charge in [0.15, 0.2) is 15.5 Å². The molecule has 0 N–H and O–H groups in total. The van der Waals surface area contributed by atoms with Crippen molar-refractivity contribution < 1.29 is 9.47 Å². The van der Waals surface area contributed by atoms with Crippen molar-refractivity contribution in [2.75, 3.05) is 13.2 Å². The molecule has 0 unspecified atom stereocenters. The Balaban J connectivity index is 1.80. The Labute approximate surface area is 187 Å². The Morgan fingerprint density at radius 1 is 0.700 bits per heavy atom. The normalized spacial score (nSPS) is 12.9. The van der Waals surface area contributed by atoms with Crippen molar-refractivity contribution in [2.24, 2.45) is 0 Å². The van der Waals surface area contributed by atoms with Crippen molar-refractivity contribution in [3.05, 3.63) is 66.7 Å². The van der Waals surface area contributed by atoms with Gasteiger partial charge in [0.1, 0.15) is 16.6 Å². The zero-order chi connectivity index (χ0) is 20.8. The first-order chi connectivity index (χ1) is 14.8. The predicted molar refractivity (Wildman–Crippen MR) is 126 cm³/mol. The molecular formula is C26H29O2S2+. The van der Waals surface area contributed by atoms with Gasteiger partial charge < -0.3 is 9.47 Å². The lowest BCUT2D eigenvalue weighted by atomic mass is 10.3. The third-order valence-electron chi connectivity index (χ3n) is 5.02. The topological polar surface area (TPSA) is 18.5 Å². The van der Waals surface area contributed by atoms with E-state index in [0.717, 1.165) is 50.4 Å². The molecule has 0 amide bonds. The van der Waals surface area contributed by atoms with Crippen LogP contribution in [0.1, 0.15) is 39.5 Å². The van der Waals surface area contributed by atoms with Gasteiger partial charge in [0.05, 0.1) is 23.0 Å². The Bertz CT molecular complexity index is 941. The minimum absolute atomic E-state index is 0.218. The van der Waals surface area contributed by atoms with Crippen LogP contribution in [0.4, 0.5) is 0 Å². The summed E-state index contributed by atoms with van der Waals surface area (Å²) in [7, 11) is -0.218. The van der Waals surface area contributed by atoms with Crippen molar-refractivity contribution in [1.82, 2.24) is 0 Å². The molecule has 4 heteroatoms. The molecule has 0 aromatic heterocycles. The van der Waals surface area contributed by atoms with Crippen molar-refractivity contribution in [3.8, 4) is 11.5 Å². The molecule has 1 aliphatic heterocycles. The van der Waals surface area contributed by atoms with Gasteiger partial charge in [-0.15, -0.1) is 0 Å². The third kappa shape index (κ3) is 4.65. The summed E-state index contributed by atoms with van der Waals surface area (Å²) in [6, 6.07) is 23.9. The number of ether oxygens (including phenoxy) is 2. The number of hydrogen-bond donors (Lipinski definition) is 0. The highest BCUT2D eigenvalue weighted by atomic mass is 32.2. The first-order valence-corrected chi connectivity index (χ1v) is 12.9. The minimum Gasteiger partial charge on any atom is -0.493 e. The molecule has 0 spiro atoms. The number of benzene rings is 3. The van der Waals surface area contributed by atoms with Crippen LogP contribution >= 0.6 is 11.8 Å². The molecule has 0 atom stereocenters. The monoisotopic (exact) mass is 437 g/mol. The summed E-state index contributed by atoms with van der Waals surface area (Å²) < 4.78 is 12.4. The number of rotatable bonds is 9. The van der Waals surface area contributed by atoms with Gasteiger partial charge in [-0.05, 0) is 49.2 Å². The third-order valence-corrected chi connectivity index (χ3v) is 8.78. The fourth-order valence-corrected chi connectivity index (χ4v) is 7.26. The van der Waals surface area contributed by atoms with E-state index in [-0.39, 0.29) is 10.9 Å². The van der Waals surface area contributed by atoms with Crippen molar-refractivity contribution in [1.29, 1.82) is 0 Å². The molecule has 2 nitrogen and oxygen atoms in total. The standard InChI is InChI=1S/C26H29O2S2/c1-3-5-17-27-20-15-16-21(28-18-6-4-2)26(19-20)30-24-13-9-7-11-22(24)29-23-12-8-10-14-25(23)30/h7-16,19H,3-6,17-18H2,1-2H3/q+1. The highest BCUT2D eigenvalue weighted by Gasteiger charge is 2.40. The maximum absolute atomic E-state index is 6.29. The summed E-state index contributed by atoms with van der Waals surface area (Å²) >= 11 is 1.86. The van der Waals surface area contributed by atoms with Gasteiger partial charge in [-0.3, -0.25) is 0 Å².